The molecule has 2 aromatic rings. The number of likely N-dealkylation sites (N-methyl/N-ethyl adjacent to an activating group) is 1. The largest absolute Gasteiger partial charge is 0.468 e. The number of furan rings is 1. The minimum absolute atomic E-state index is 0. The molecule has 5 nitrogen and oxygen atoms in total. The molecule has 0 spiro atoms. The molecule has 0 radical (unpaired) electrons. The van der Waals surface area contributed by atoms with E-state index in [-0.39, 0.29) is 30.0 Å². The van der Waals surface area contributed by atoms with Gasteiger partial charge in [-0.25, -0.2) is 0 Å². The molecular weight excluding hydrogens is 471 g/mol. The van der Waals surface area contributed by atoms with Gasteiger partial charge in [-0.2, -0.15) is 0 Å². The summed E-state index contributed by atoms with van der Waals surface area (Å²) in [5.41, 5.74) is 0. The van der Waals surface area contributed by atoms with Crippen molar-refractivity contribution in [2.24, 2.45) is 4.99 Å². The predicted octanol–water partition coefficient (Wildman–Crippen LogP) is 4.24. The van der Waals surface area contributed by atoms with Gasteiger partial charge in [0.2, 0.25) is 0 Å². The van der Waals surface area contributed by atoms with Crippen LogP contribution in [0.5, 0.6) is 0 Å². The lowest BCUT2D eigenvalue weighted by Crippen LogP contribution is -2.40. The Morgan fingerprint density at radius 1 is 1.33 bits per heavy atom. The van der Waals surface area contributed by atoms with Crippen LogP contribution in [-0.4, -0.2) is 55.5 Å². The van der Waals surface area contributed by atoms with Crippen molar-refractivity contribution in [3.8, 4) is 0 Å². The second kappa shape index (κ2) is 11.7. The van der Waals surface area contributed by atoms with E-state index < -0.39 is 0 Å². The van der Waals surface area contributed by atoms with Gasteiger partial charge in [0, 0.05) is 25.0 Å². The molecule has 1 N–H and O–H groups in total. The first-order valence-corrected chi connectivity index (χ1v) is 10.4. The molecule has 0 aliphatic carbocycles. The molecule has 1 aliphatic heterocycles. The van der Waals surface area contributed by atoms with Crippen molar-refractivity contribution in [2.45, 2.75) is 32.2 Å². The Labute approximate surface area is 183 Å². The number of thiophene rings is 1. The molecular formula is C20H31IN4OS. The van der Waals surface area contributed by atoms with E-state index in [1.807, 2.05) is 17.4 Å². The number of nitrogens with one attached hydrogen (secondary N) is 1. The zero-order valence-corrected chi connectivity index (χ0v) is 19.4. The van der Waals surface area contributed by atoms with Gasteiger partial charge in [0.15, 0.2) is 5.96 Å². The quantitative estimate of drug-likeness (QED) is 0.333. The standard InChI is InChI=1S/C20H30N4OS.HI/c1-3-21-20(23(2)13-10-17-8-7-15-26-17)22-16-18(19-9-6-14-25-19)24-11-4-5-12-24;/h6-9,14-15,18H,3-5,10-13,16H2,1-2H3,(H,21,22);1H. The first kappa shape index (κ1) is 22.2. The van der Waals surface area contributed by atoms with Gasteiger partial charge in [0.1, 0.15) is 5.76 Å². The van der Waals surface area contributed by atoms with Crippen LogP contribution in [-0.2, 0) is 6.42 Å². The zero-order valence-electron chi connectivity index (χ0n) is 16.3. The highest BCUT2D eigenvalue weighted by Gasteiger charge is 2.25. The van der Waals surface area contributed by atoms with Crippen LogP contribution >= 0.6 is 35.3 Å². The molecule has 1 fully saturated rings. The molecule has 1 saturated heterocycles. The van der Waals surface area contributed by atoms with Crippen LogP contribution in [0.25, 0.3) is 0 Å². The molecule has 0 bridgehead atoms. The third-order valence-electron chi connectivity index (χ3n) is 4.84. The average Bonchev–Trinajstić information content (AvgIpc) is 3.42. The Morgan fingerprint density at radius 3 is 2.78 bits per heavy atom. The minimum Gasteiger partial charge on any atom is -0.468 e. The summed E-state index contributed by atoms with van der Waals surface area (Å²) >= 11 is 1.82. The highest BCUT2D eigenvalue weighted by molar-refractivity contribution is 14.0. The van der Waals surface area contributed by atoms with Crippen LogP contribution in [0.3, 0.4) is 0 Å². The summed E-state index contributed by atoms with van der Waals surface area (Å²) in [4.78, 5) is 11.1. The highest BCUT2D eigenvalue weighted by Crippen LogP contribution is 2.25. The molecule has 3 heterocycles. The molecule has 0 saturated carbocycles. The van der Waals surface area contributed by atoms with E-state index in [9.17, 15) is 0 Å². The van der Waals surface area contributed by atoms with Crippen LogP contribution in [0.1, 0.15) is 36.4 Å². The molecule has 0 aromatic carbocycles. The van der Waals surface area contributed by atoms with Crippen LogP contribution in [0.4, 0.5) is 0 Å². The molecule has 3 rings (SSSR count). The molecule has 0 amide bonds. The van der Waals surface area contributed by atoms with E-state index >= 15 is 0 Å². The number of hydrogen-bond donors (Lipinski definition) is 1. The first-order valence-electron chi connectivity index (χ1n) is 9.57. The van der Waals surface area contributed by atoms with E-state index in [2.05, 4.69) is 52.7 Å². The fraction of sp³-hybridized carbons (Fsp3) is 0.550. The number of nitrogens with zero attached hydrogens (tertiary/aromatic N) is 3. The lowest BCUT2D eigenvalue weighted by atomic mass is 10.2. The second-order valence-corrected chi connectivity index (χ2v) is 7.75. The van der Waals surface area contributed by atoms with Gasteiger partial charge < -0.3 is 14.6 Å². The molecule has 1 unspecified atom stereocenters. The summed E-state index contributed by atoms with van der Waals surface area (Å²) in [6, 6.07) is 8.59. The summed E-state index contributed by atoms with van der Waals surface area (Å²) in [6.45, 7) is 6.93. The Kier molecular flexibility index (Phi) is 9.64. The van der Waals surface area contributed by atoms with Crippen molar-refractivity contribution < 1.29 is 4.42 Å². The number of hydrogen-bond acceptors (Lipinski definition) is 4. The molecule has 1 aliphatic rings. The van der Waals surface area contributed by atoms with Crippen molar-refractivity contribution in [3.05, 3.63) is 46.5 Å². The maximum Gasteiger partial charge on any atom is 0.193 e. The molecule has 2 aromatic heterocycles. The van der Waals surface area contributed by atoms with Crippen LogP contribution in [0.2, 0.25) is 0 Å². The number of rotatable bonds is 8. The number of guanidine groups is 1. The maximum atomic E-state index is 5.71. The van der Waals surface area contributed by atoms with Crippen molar-refractivity contribution >= 4 is 41.3 Å². The maximum absolute atomic E-state index is 5.71. The lowest BCUT2D eigenvalue weighted by Gasteiger charge is -2.26. The third kappa shape index (κ3) is 6.50. The SMILES string of the molecule is CCNC(=NCC(c1ccco1)N1CCCC1)N(C)CCc1cccs1.I. The van der Waals surface area contributed by atoms with E-state index in [0.29, 0.717) is 0 Å². The van der Waals surface area contributed by atoms with E-state index in [4.69, 9.17) is 9.41 Å². The zero-order chi connectivity index (χ0) is 18.2. The Hall–Kier alpha value is -1.06. The van der Waals surface area contributed by atoms with Crippen molar-refractivity contribution in [1.29, 1.82) is 0 Å². The van der Waals surface area contributed by atoms with Gasteiger partial charge in [0.05, 0.1) is 18.8 Å². The molecule has 7 heteroatoms. The topological polar surface area (TPSA) is 44.0 Å². The van der Waals surface area contributed by atoms with E-state index in [1.165, 1.54) is 17.7 Å². The van der Waals surface area contributed by atoms with Gasteiger partial charge >= 0.3 is 0 Å². The molecule has 150 valence electrons. The van der Waals surface area contributed by atoms with Gasteiger partial charge in [0.25, 0.3) is 0 Å². The summed E-state index contributed by atoms with van der Waals surface area (Å²) in [6.07, 6.45) is 5.34. The fourth-order valence-electron chi connectivity index (χ4n) is 3.40. The van der Waals surface area contributed by atoms with Crippen LogP contribution < -0.4 is 5.32 Å². The summed E-state index contributed by atoms with van der Waals surface area (Å²) in [7, 11) is 2.12. The summed E-state index contributed by atoms with van der Waals surface area (Å²) in [5, 5.41) is 5.57. The lowest BCUT2D eigenvalue weighted by molar-refractivity contribution is 0.220. The Balaban J connectivity index is 0.00000261. The third-order valence-corrected chi connectivity index (χ3v) is 5.77. The van der Waals surface area contributed by atoms with Crippen LogP contribution in [0.15, 0.2) is 45.3 Å². The average molecular weight is 502 g/mol. The first-order chi connectivity index (χ1) is 12.8. The van der Waals surface area contributed by atoms with Gasteiger partial charge in [-0.3, -0.25) is 9.89 Å². The Morgan fingerprint density at radius 2 is 2.15 bits per heavy atom. The number of aliphatic imine (C=N–C) groups is 1. The normalized spacial score (nSPS) is 16.1. The van der Waals surface area contributed by atoms with Crippen molar-refractivity contribution in [1.82, 2.24) is 15.1 Å². The van der Waals surface area contributed by atoms with E-state index in [0.717, 1.165) is 50.9 Å². The highest BCUT2D eigenvalue weighted by atomic mass is 127. The molecule has 1 atom stereocenters. The predicted molar refractivity (Wildman–Crippen MR) is 124 cm³/mol. The van der Waals surface area contributed by atoms with Crippen molar-refractivity contribution in [2.75, 3.05) is 39.8 Å². The monoisotopic (exact) mass is 502 g/mol. The minimum atomic E-state index is 0. The fourth-order valence-corrected chi connectivity index (χ4v) is 4.10. The smallest absolute Gasteiger partial charge is 0.193 e. The van der Waals surface area contributed by atoms with Gasteiger partial charge in [-0.15, -0.1) is 35.3 Å². The number of halogens is 1. The molecule has 27 heavy (non-hydrogen) atoms. The van der Waals surface area contributed by atoms with Gasteiger partial charge in [-0.1, -0.05) is 6.07 Å². The Bertz CT molecular complexity index is 654. The van der Waals surface area contributed by atoms with Crippen molar-refractivity contribution in [3.63, 3.8) is 0 Å². The second-order valence-electron chi connectivity index (χ2n) is 6.72. The number of likely N-dealkylation sites (tertiary alicyclic amines) is 1. The summed E-state index contributed by atoms with van der Waals surface area (Å²) in [5.74, 6) is 1.99. The van der Waals surface area contributed by atoms with Gasteiger partial charge in [-0.05, 0) is 62.9 Å². The van der Waals surface area contributed by atoms with E-state index in [1.54, 1.807) is 6.26 Å². The van der Waals surface area contributed by atoms with Crippen LogP contribution in [0, 0.1) is 0 Å². The summed E-state index contributed by atoms with van der Waals surface area (Å²) < 4.78 is 5.71.